The molecule has 1 heterocycles. The number of piperazine rings is 1. The molecular formula is C26H28FN3O. The van der Waals surface area contributed by atoms with E-state index in [0.717, 1.165) is 43.9 Å². The molecule has 3 aromatic rings. The largest absolute Gasteiger partial charge is 0.367 e. The minimum Gasteiger partial charge on any atom is -0.367 e. The van der Waals surface area contributed by atoms with Crippen molar-refractivity contribution in [3.8, 4) is 0 Å². The van der Waals surface area contributed by atoms with Crippen LogP contribution in [0.2, 0.25) is 0 Å². The summed E-state index contributed by atoms with van der Waals surface area (Å²) in [5.74, 6) is -0.234. The van der Waals surface area contributed by atoms with E-state index in [2.05, 4.69) is 21.2 Å². The molecule has 4 rings (SSSR count). The van der Waals surface area contributed by atoms with Crippen molar-refractivity contribution in [3.63, 3.8) is 0 Å². The summed E-state index contributed by atoms with van der Waals surface area (Å²) in [5.41, 5.74) is 3.54. The summed E-state index contributed by atoms with van der Waals surface area (Å²) in [6, 6.07) is 24.7. The molecule has 1 aliphatic heterocycles. The number of anilines is 1. The first-order valence-corrected chi connectivity index (χ1v) is 10.8. The highest BCUT2D eigenvalue weighted by atomic mass is 19.1. The Morgan fingerprint density at radius 2 is 1.65 bits per heavy atom. The van der Waals surface area contributed by atoms with E-state index in [1.165, 1.54) is 6.07 Å². The Labute approximate surface area is 183 Å². The summed E-state index contributed by atoms with van der Waals surface area (Å²) in [6.07, 6.45) is 0. The van der Waals surface area contributed by atoms with Crippen molar-refractivity contribution >= 4 is 11.6 Å². The van der Waals surface area contributed by atoms with Crippen LogP contribution in [0, 0.1) is 5.82 Å². The maximum absolute atomic E-state index is 14.0. The van der Waals surface area contributed by atoms with Crippen LogP contribution in [0.4, 0.5) is 10.1 Å². The summed E-state index contributed by atoms with van der Waals surface area (Å²) in [5, 5.41) is 3.08. The number of halogens is 1. The van der Waals surface area contributed by atoms with Gasteiger partial charge in [0.2, 0.25) is 0 Å². The zero-order chi connectivity index (χ0) is 21.6. The van der Waals surface area contributed by atoms with Gasteiger partial charge in [-0.15, -0.1) is 0 Å². The number of amides is 1. The highest BCUT2D eigenvalue weighted by Gasteiger charge is 2.20. The molecule has 1 N–H and O–H groups in total. The van der Waals surface area contributed by atoms with Crippen molar-refractivity contribution in [1.82, 2.24) is 10.2 Å². The summed E-state index contributed by atoms with van der Waals surface area (Å²) in [4.78, 5) is 17.2. The summed E-state index contributed by atoms with van der Waals surface area (Å²) in [6.45, 7) is 6.06. The van der Waals surface area contributed by atoms with Gasteiger partial charge < -0.3 is 10.2 Å². The van der Waals surface area contributed by atoms with Crippen LogP contribution < -0.4 is 10.2 Å². The quantitative estimate of drug-likeness (QED) is 0.635. The van der Waals surface area contributed by atoms with Gasteiger partial charge in [-0.2, -0.15) is 0 Å². The first kappa shape index (κ1) is 21.1. The Morgan fingerprint density at radius 1 is 0.935 bits per heavy atom. The number of nitrogens with zero attached hydrogens (tertiary/aromatic N) is 2. The van der Waals surface area contributed by atoms with E-state index in [1.807, 2.05) is 67.6 Å². The minimum atomic E-state index is -0.167. The topological polar surface area (TPSA) is 35.6 Å². The molecule has 1 saturated heterocycles. The zero-order valence-corrected chi connectivity index (χ0v) is 17.8. The number of para-hydroxylation sites is 1. The first-order valence-electron chi connectivity index (χ1n) is 10.8. The van der Waals surface area contributed by atoms with Gasteiger partial charge in [0.25, 0.3) is 5.91 Å². The van der Waals surface area contributed by atoms with Crippen LogP contribution in [-0.2, 0) is 6.54 Å². The van der Waals surface area contributed by atoms with E-state index in [1.54, 1.807) is 6.07 Å². The molecule has 1 fully saturated rings. The molecule has 1 aliphatic rings. The number of carbonyl (C=O) groups excluding carboxylic acids is 1. The third-order valence-electron chi connectivity index (χ3n) is 5.81. The molecule has 0 bridgehead atoms. The molecular weight excluding hydrogens is 389 g/mol. The average molecular weight is 418 g/mol. The monoisotopic (exact) mass is 417 g/mol. The SMILES string of the molecule is C[C@H](NC(=O)c1cccc(CN2CCN(c3ccccc3F)CC2)c1)c1ccccc1. The molecule has 4 nitrogen and oxygen atoms in total. The lowest BCUT2D eigenvalue weighted by Gasteiger charge is -2.36. The molecule has 160 valence electrons. The van der Waals surface area contributed by atoms with E-state index in [0.29, 0.717) is 11.3 Å². The standard InChI is InChI=1S/C26H28FN3O/c1-20(22-9-3-2-4-10-22)28-26(31)23-11-7-8-21(18-23)19-29-14-16-30(17-15-29)25-13-6-5-12-24(25)27/h2-13,18,20H,14-17,19H2,1H3,(H,28,31)/t20-/m0/s1. The molecule has 0 spiro atoms. The lowest BCUT2D eigenvalue weighted by Crippen LogP contribution is -2.46. The van der Waals surface area contributed by atoms with Crippen LogP contribution in [0.1, 0.15) is 34.5 Å². The van der Waals surface area contributed by atoms with Gasteiger partial charge in [-0.05, 0) is 42.3 Å². The maximum atomic E-state index is 14.0. The number of rotatable bonds is 6. The zero-order valence-electron chi connectivity index (χ0n) is 17.8. The molecule has 1 atom stereocenters. The van der Waals surface area contributed by atoms with Crippen molar-refractivity contribution in [2.45, 2.75) is 19.5 Å². The van der Waals surface area contributed by atoms with Gasteiger partial charge >= 0.3 is 0 Å². The second-order valence-corrected chi connectivity index (χ2v) is 8.02. The van der Waals surface area contributed by atoms with Crippen molar-refractivity contribution in [3.05, 3.63) is 101 Å². The molecule has 3 aromatic carbocycles. The molecule has 31 heavy (non-hydrogen) atoms. The van der Waals surface area contributed by atoms with E-state index in [9.17, 15) is 9.18 Å². The summed E-state index contributed by atoms with van der Waals surface area (Å²) < 4.78 is 14.0. The minimum absolute atomic E-state index is 0.0520. The van der Waals surface area contributed by atoms with Gasteiger partial charge in [0.15, 0.2) is 0 Å². The van der Waals surface area contributed by atoms with Gasteiger partial charge in [0, 0.05) is 38.3 Å². The number of hydrogen-bond donors (Lipinski definition) is 1. The first-order chi connectivity index (χ1) is 15.1. The van der Waals surface area contributed by atoms with Crippen LogP contribution in [0.15, 0.2) is 78.9 Å². The number of nitrogens with one attached hydrogen (secondary N) is 1. The number of hydrogen-bond acceptors (Lipinski definition) is 3. The average Bonchev–Trinajstić information content (AvgIpc) is 2.81. The number of benzene rings is 3. The molecule has 0 aromatic heterocycles. The van der Waals surface area contributed by atoms with Gasteiger partial charge in [0.1, 0.15) is 5.82 Å². The third-order valence-corrected chi connectivity index (χ3v) is 5.81. The lowest BCUT2D eigenvalue weighted by atomic mass is 10.1. The number of carbonyl (C=O) groups is 1. The van der Waals surface area contributed by atoms with Crippen LogP contribution in [0.5, 0.6) is 0 Å². The van der Waals surface area contributed by atoms with Crippen molar-refractivity contribution < 1.29 is 9.18 Å². The van der Waals surface area contributed by atoms with E-state index in [4.69, 9.17) is 0 Å². The van der Waals surface area contributed by atoms with Gasteiger partial charge in [-0.3, -0.25) is 9.69 Å². The molecule has 5 heteroatoms. The maximum Gasteiger partial charge on any atom is 0.251 e. The van der Waals surface area contributed by atoms with Gasteiger partial charge in [-0.1, -0.05) is 54.6 Å². The van der Waals surface area contributed by atoms with Crippen molar-refractivity contribution in [1.29, 1.82) is 0 Å². The lowest BCUT2D eigenvalue weighted by molar-refractivity contribution is 0.0939. The van der Waals surface area contributed by atoms with Crippen LogP contribution >= 0.6 is 0 Å². The van der Waals surface area contributed by atoms with Crippen LogP contribution in [0.3, 0.4) is 0 Å². The van der Waals surface area contributed by atoms with Gasteiger partial charge in [-0.25, -0.2) is 4.39 Å². The Morgan fingerprint density at radius 3 is 2.39 bits per heavy atom. The fraction of sp³-hybridized carbons (Fsp3) is 0.269. The Balaban J connectivity index is 1.34. The normalized spacial score (nSPS) is 15.5. The van der Waals surface area contributed by atoms with Crippen molar-refractivity contribution in [2.75, 3.05) is 31.1 Å². The molecule has 1 amide bonds. The Kier molecular flexibility index (Phi) is 6.63. The van der Waals surface area contributed by atoms with E-state index >= 15 is 0 Å². The summed E-state index contributed by atoms with van der Waals surface area (Å²) in [7, 11) is 0. The van der Waals surface area contributed by atoms with E-state index < -0.39 is 0 Å². The van der Waals surface area contributed by atoms with E-state index in [-0.39, 0.29) is 17.8 Å². The van der Waals surface area contributed by atoms with Crippen LogP contribution in [-0.4, -0.2) is 37.0 Å². The highest BCUT2D eigenvalue weighted by molar-refractivity contribution is 5.94. The van der Waals surface area contributed by atoms with Crippen LogP contribution in [0.25, 0.3) is 0 Å². The predicted octanol–water partition coefficient (Wildman–Crippen LogP) is 4.64. The molecule has 0 unspecified atom stereocenters. The predicted molar refractivity (Wildman–Crippen MR) is 123 cm³/mol. The molecule has 0 radical (unpaired) electrons. The molecule has 0 saturated carbocycles. The molecule has 0 aliphatic carbocycles. The smallest absolute Gasteiger partial charge is 0.251 e. The second-order valence-electron chi connectivity index (χ2n) is 8.02. The Bertz CT molecular complexity index is 1020. The summed E-state index contributed by atoms with van der Waals surface area (Å²) >= 11 is 0. The highest BCUT2D eigenvalue weighted by Crippen LogP contribution is 2.21. The van der Waals surface area contributed by atoms with Crippen molar-refractivity contribution in [2.24, 2.45) is 0 Å². The van der Waals surface area contributed by atoms with Gasteiger partial charge in [0.05, 0.1) is 11.7 Å². The second kappa shape index (κ2) is 9.75. The Hall–Kier alpha value is -3.18. The third kappa shape index (κ3) is 5.30. The fourth-order valence-corrected chi connectivity index (χ4v) is 4.03. The fourth-order valence-electron chi connectivity index (χ4n) is 4.03.